The maximum atomic E-state index is 6.15. The molecular formula is C20H33ClN2. The minimum absolute atomic E-state index is 0.745. The third kappa shape index (κ3) is 6.45. The molecule has 0 saturated heterocycles. The topological polar surface area (TPSA) is 29.3 Å². The van der Waals surface area contributed by atoms with Crippen molar-refractivity contribution in [3.05, 3.63) is 34.9 Å². The van der Waals surface area contributed by atoms with Crippen LogP contribution in [0.1, 0.15) is 51.5 Å². The van der Waals surface area contributed by atoms with Crippen LogP contribution in [-0.4, -0.2) is 24.5 Å². The van der Waals surface area contributed by atoms with Crippen molar-refractivity contribution in [3.63, 3.8) is 0 Å². The Morgan fingerprint density at radius 1 is 1.22 bits per heavy atom. The number of halogens is 1. The Kier molecular flexibility index (Phi) is 7.88. The van der Waals surface area contributed by atoms with Gasteiger partial charge in [-0.15, -0.1) is 0 Å². The molecule has 0 radical (unpaired) electrons. The number of hydrogen-bond donors (Lipinski definition) is 1. The zero-order chi connectivity index (χ0) is 16.7. The molecule has 1 aliphatic carbocycles. The standard InChI is InChI=1S/C20H33ClN2/c1-3-16(2)13-23(15-19-5-4-6-20(21)11-19)14-18-9-7-17(12-22)8-10-18/h4-6,11,16-18H,3,7-10,12-15,22H2,1-2H3. The van der Waals surface area contributed by atoms with Gasteiger partial charge < -0.3 is 5.73 Å². The maximum Gasteiger partial charge on any atom is 0.0409 e. The van der Waals surface area contributed by atoms with Gasteiger partial charge in [-0.2, -0.15) is 0 Å². The van der Waals surface area contributed by atoms with Gasteiger partial charge in [-0.1, -0.05) is 44.0 Å². The van der Waals surface area contributed by atoms with Crippen molar-refractivity contribution in [2.24, 2.45) is 23.5 Å². The van der Waals surface area contributed by atoms with E-state index in [0.717, 1.165) is 35.9 Å². The van der Waals surface area contributed by atoms with Crippen LogP contribution in [0.15, 0.2) is 24.3 Å². The monoisotopic (exact) mass is 336 g/mol. The van der Waals surface area contributed by atoms with Crippen molar-refractivity contribution in [1.82, 2.24) is 4.90 Å². The van der Waals surface area contributed by atoms with E-state index < -0.39 is 0 Å². The molecule has 2 nitrogen and oxygen atoms in total. The third-order valence-corrected chi connectivity index (χ3v) is 5.61. The highest BCUT2D eigenvalue weighted by atomic mass is 35.5. The summed E-state index contributed by atoms with van der Waals surface area (Å²) in [6.07, 6.45) is 6.56. The van der Waals surface area contributed by atoms with Crippen molar-refractivity contribution >= 4 is 11.6 Å². The quantitative estimate of drug-likeness (QED) is 0.727. The molecule has 3 heteroatoms. The number of hydrogen-bond acceptors (Lipinski definition) is 2. The predicted molar refractivity (Wildman–Crippen MR) is 101 cm³/mol. The summed E-state index contributed by atoms with van der Waals surface area (Å²) in [6, 6.07) is 8.32. The van der Waals surface area contributed by atoms with E-state index in [-0.39, 0.29) is 0 Å². The van der Waals surface area contributed by atoms with E-state index in [1.165, 1.54) is 50.8 Å². The Bertz CT molecular complexity index is 455. The molecule has 2 N–H and O–H groups in total. The Balaban J connectivity index is 1.94. The van der Waals surface area contributed by atoms with Crippen LogP contribution >= 0.6 is 11.6 Å². The lowest BCUT2D eigenvalue weighted by Crippen LogP contribution is -2.35. The second-order valence-corrected chi connectivity index (χ2v) is 7.90. The van der Waals surface area contributed by atoms with Gasteiger partial charge in [0.25, 0.3) is 0 Å². The van der Waals surface area contributed by atoms with Crippen molar-refractivity contribution < 1.29 is 0 Å². The van der Waals surface area contributed by atoms with Gasteiger partial charge in [-0.05, 0) is 67.7 Å². The fourth-order valence-corrected chi connectivity index (χ4v) is 3.89. The van der Waals surface area contributed by atoms with Crippen LogP contribution in [-0.2, 0) is 6.54 Å². The smallest absolute Gasteiger partial charge is 0.0409 e. The summed E-state index contributed by atoms with van der Waals surface area (Å²) in [4.78, 5) is 2.65. The van der Waals surface area contributed by atoms with E-state index in [1.54, 1.807) is 0 Å². The van der Waals surface area contributed by atoms with Crippen molar-refractivity contribution in [3.8, 4) is 0 Å². The first-order chi connectivity index (χ1) is 11.1. The molecule has 0 bridgehead atoms. The van der Waals surface area contributed by atoms with Crippen LogP contribution in [0, 0.1) is 17.8 Å². The Morgan fingerprint density at radius 2 is 1.91 bits per heavy atom. The van der Waals surface area contributed by atoms with Gasteiger partial charge in [0.15, 0.2) is 0 Å². The molecule has 23 heavy (non-hydrogen) atoms. The Morgan fingerprint density at radius 3 is 2.52 bits per heavy atom. The number of nitrogens with zero attached hydrogens (tertiary/aromatic N) is 1. The summed E-state index contributed by atoms with van der Waals surface area (Å²) >= 11 is 6.15. The Labute approximate surface area is 147 Å². The third-order valence-electron chi connectivity index (χ3n) is 5.38. The highest BCUT2D eigenvalue weighted by Crippen LogP contribution is 2.29. The molecule has 0 spiro atoms. The van der Waals surface area contributed by atoms with Gasteiger partial charge in [0.2, 0.25) is 0 Å². The molecule has 130 valence electrons. The number of rotatable bonds is 8. The molecule has 1 saturated carbocycles. The first kappa shape index (κ1) is 18.8. The normalized spacial score (nSPS) is 23.2. The SMILES string of the molecule is CCC(C)CN(Cc1cccc(Cl)c1)CC1CCC(CN)CC1. The minimum Gasteiger partial charge on any atom is -0.330 e. The van der Waals surface area contributed by atoms with E-state index in [2.05, 4.69) is 36.9 Å². The van der Waals surface area contributed by atoms with E-state index in [0.29, 0.717) is 0 Å². The Hall–Kier alpha value is -0.570. The average Bonchev–Trinajstić information content (AvgIpc) is 2.55. The van der Waals surface area contributed by atoms with E-state index >= 15 is 0 Å². The second-order valence-electron chi connectivity index (χ2n) is 7.46. The molecule has 0 amide bonds. The van der Waals surface area contributed by atoms with E-state index in [4.69, 9.17) is 17.3 Å². The average molecular weight is 337 g/mol. The molecular weight excluding hydrogens is 304 g/mol. The second kappa shape index (κ2) is 9.66. The predicted octanol–water partition coefficient (Wildman–Crippen LogP) is 4.95. The van der Waals surface area contributed by atoms with Gasteiger partial charge >= 0.3 is 0 Å². The molecule has 1 aromatic rings. The number of benzene rings is 1. The van der Waals surface area contributed by atoms with E-state index in [1.807, 2.05) is 6.07 Å². The minimum atomic E-state index is 0.745. The molecule has 1 fully saturated rings. The summed E-state index contributed by atoms with van der Waals surface area (Å²) in [5.74, 6) is 2.35. The van der Waals surface area contributed by atoms with Crippen LogP contribution in [0.25, 0.3) is 0 Å². The van der Waals surface area contributed by atoms with Crippen LogP contribution in [0.5, 0.6) is 0 Å². The van der Waals surface area contributed by atoms with Crippen LogP contribution in [0.2, 0.25) is 5.02 Å². The molecule has 0 aliphatic heterocycles. The van der Waals surface area contributed by atoms with Crippen LogP contribution in [0.3, 0.4) is 0 Å². The lowest BCUT2D eigenvalue weighted by atomic mass is 9.81. The summed E-state index contributed by atoms with van der Waals surface area (Å²) in [6.45, 7) is 8.92. The molecule has 1 aliphatic rings. The summed E-state index contributed by atoms with van der Waals surface area (Å²) < 4.78 is 0. The molecule has 2 rings (SSSR count). The number of nitrogens with two attached hydrogens (primary N) is 1. The summed E-state index contributed by atoms with van der Waals surface area (Å²) in [5, 5.41) is 0.842. The van der Waals surface area contributed by atoms with Crippen molar-refractivity contribution in [2.75, 3.05) is 19.6 Å². The maximum absolute atomic E-state index is 6.15. The molecule has 1 unspecified atom stereocenters. The summed E-state index contributed by atoms with van der Waals surface area (Å²) in [7, 11) is 0. The molecule has 1 aromatic carbocycles. The van der Waals surface area contributed by atoms with Gasteiger partial charge in [-0.3, -0.25) is 4.90 Å². The zero-order valence-corrected chi connectivity index (χ0v) is 15.6. The largest absolute Gasteiger partial charge is 0.330 e. The van der Waals surface area contributed by atoms with Crippen LogP contribution in [0.4, 0.5) is 0 Å². The lowest BCUT2D eigenvalue weighted by molar-refractivity contribution is 0.158. The van der Waals surface area contributed by atoms with Crippen molar-refractivity contribution in [1.29, 1.82) is 0 Å². The lowest BCUT2D eigenvalue weighted by Gasteiger charge is -2.33. The first-order valence-corrected chi connectivity index (χ1v) is 9.65. The van der Waals surface area contributed by atoms with Crippen LogP contribution < -0.4 is 5.73 Å². The molecule has 0 heterocycles. The molecule has 0 aromatic heterocycles. The first-order valence-electron chi connectivity index (χ1n) is 9.27. The summed E-state index contributed by atoms with van der Waals surface area (Å²) in [5.41, 5.74) is 7.16. The van der Waals surface area contributed by atoms with Gasteiger partial charge in [0.1, 0.15) is 0 Å². The van der Waals surface area contributed by atoms with Gasteiger partial charge in [0.05, 0.1) is 0 Å². The highest BCUT2D eigenvalue weighted by molar-refractivity contribution is 6.30. The fraction of sp³-hybridized carbons (Fsp3) is 0.700. The zero-order valence-electron chi connectivity index (χ0n) is 14.8. The highest BCUT2D eigenvalue weighted by Gasteiger charge is 2.22. The van der Waals surface area contributed by atoms with E-state index in [9.17, 15) is 0 Å². The van der Waals surface area contributed by atoms with Gasteiger partial charge in [0, 0.05) is 24.7 Å². The van der Waals surface area contributed by atoms with Crippen molar-refractivity contribution in [2.45, 2.75) is 52.5 Å². The van der Waals surface area contributed by atoms with Gasteiger partial charge in [-0.25, -0.2) is 0 Å². The molecule has 1 atom stereocenters. The fourth-order valence-electron chi connectivity index (χ4n) is 3.68.